The lowest BCUT2D eigenvalue weighted by Gasteiger charge is -2.30. The first-order chi connectivity index (χ1) is 14.7. The Bertz CT molecular complexity index is 612. The maximum Gasteiger partial charge on any atom is 0.109 e. The lowest BCUT2D eigenvalue weighted by atomic mass is 9.76. The van der Waals surface area contributed by atoms with Crippen LogP contribution in [0.4, 0.5) is 0 Å². The molecule has 0 saturated carbocycles. The summed E-state index contributed by atoms with van der Waals surface area (Å²) in [5.74, 6) is 1.27. The van der Waals surface area contributed by atoms with Crippen molar-refractivity contribution in [3.05, 3.63) is 42.5 Å². The van der Waals surface area contributed by atoms with Crippen molar-refractivity contribution in [1.82, 2.24) is 9.55 Å². The second kappa shape index (κ2) is 14.7. The van der Waals surface area contributed by atoms with Gasteiger partial charge in [-0.3, -0.25) is 0 Å². The number of rotatable bonds is 17. The highest BCUT2D eigenvalue weighted by molar-refractivity contribution is 5.18. The van der Waals surface area contributed by atoms with E-state index in [1.165, 1.54) is 95.7 Å². The zero-order chi connectivity index (χ0) is 21.5. The highest BCUT2D eigenvalue weighted by atomic mass is 15.1. The van der Waals surface area contributed by atoms with E-state index in [1.54, 1.807) is 0 Å². The lowest BCUT2D eigenvalue weighted by molar-refractivity contribution is 0.342. The summed E-state index contributed by atoms with van der Waals surface area (Å²) in [7, 11) is 0. The molecule has 0 bridgehead atoms. The zero-order valence-electron chi connectivity index (χ0n) is 20.2. The predicted octanol–water partition coefficient (Wildman–Crippen LogP) is 8.99. The van der Waals surface area contributed by atoms with Crippen molar-refractivity contribution in [1.29, 1.82) is 0 Å². The number of allylic oxidation sites excluding steroid dienone is 4. The molecule has 0 saturated heterocycles. The molecule has 0 N–H and O–H groups in total. The lowest BCUT2D eigenvalue weighted by Crippen LogP contribution is -2.23. The fraction of sp³-hybridized carbons (Fsp3) is 0.750. The summed E-state index contributed by atoms with van der Waals surface area (Å²) >= 11 is 0. The number of unbranched alkanes of at least 4 members (excludes halogenated alkanes) is 11. The Morgan fingerprint density at radius 1 is 0.900 bits per heavy atom. The highest BCUT2D eigenvalue weighted by Gasteiger charge is 2.27. The van der Waals surface area contributed by atoms with E-state index in [4.69, 9.17) is 4.98 Å². The van der Waals surface area contributed by atoms with Crippen LogP contribution in [0.1, 0.15) is 129 Å². The van der Waals surface area contributed by atoms with Crippen molar-refractivity contribution >= 4 is 0 Å². The summed E-state index contributed by atoms with van der Waals surface area (Å²) in [6.07, 6.45) is 35.0. The Morgan fingerprint density at radius 3 is 2.10 bits per heavy atom. The molecule has 170 valence electrons. The number of hydrogen-bond donors (Lipinski definition) is 0. The Balaban J connectivity index is 1.59. The van der Waals surface area contributed by atoms with E-state index in [0.29, 0.717) is 6.04 Å². The average molecular weight is 413 g/mol. The van der Waals surface area contributed by atoms with Gasteiger partial charge in [-0.1, -0.05) is 115 Å². The molecule has 1 aliphatic carbocycles. The molecule has 2 nitrogen and oxygen atoms in total. The molecule has 0 aliphatic heterocycles. The van der Waals surface area contributed by atoms with Crippen LogP contribution in [-0.4, -0.2) is 9.55 Å². The van der Waals surface area contributed by atoms with Crippen molar-refractivity contribution in [3.8, 4) is 0 Å². The summed E-state index contributed by atoms with van der Waals surface area (Å²) in [6, 6.07) is 0.558. The zero-order valence-corrected chi connectivity index (χ0v) is 20.2. The molecule has 1 aliphatic rings. The first kappa shape index (κ1) is 25.0. The summed E-state index contributed by atoms with van der Waals surface area (Å²) in [4.78, 5) is 4.74. The van der Waals surface area contributed by atoms with Gasteiger partial charge in [0.05, 0.1) is 0 Å². The topological polar surface area (TPSA) is 17.8 Å². The molecule has 0 radical (unpaired) electrons. The summed E-state index contributed by atoms with van der Waals surface area (Å²) in [6.45, 7) is 6.98. The van der Waals surface area contributed by atoms with E-state index in [1.807, 2.05) is 6.20 Å². The van der Waals surface area contributed by atoms with Crippen molar-refractivity contribution in [2.45, 2.75) is 130 Å². The minimum Gasteiger partial charge on any atom is -0.332 e. The van der Waals surface area contributed by atoms with E-state index in [9.17, 15) is 0 Å². The fourth-order valence-corrected chi connectivity index (χ4v) is 4.84. The van der Waals surface area contributed by atoms with Crippen molar-refractivity contribution in [2.24, 2.45) is 5.41 Å². The number of nitrogens with zero attached hydrogens (tertiary/aromatic N) is 2. The minimum absolute atomic E-state index is 0.258. The summed E-state index contributed by atoms with van der Waals surface area (Å²) in [5.41, 5.74) is 0.258. The normalized spacial score (nSPS) is 19.4. The fourth-order valence-electron chi connectivity index (χ4n) is 4.84. The van der Waals surface area contributed by atoms with Crippen LogP contribution in [0.15, 0.2) is 36.7 Å². The van der Waals surface area contributed by atoms with E-state index in [2.05, 4.69) is 55.8 Å². The Labute approximate surface area is 187 Å². The molecule has 0 fully saturated rings. The number of hydrogen-bond acceptors (Lipinski definition) is 1. The van der Waals surface area contributed by atoms with E-state index in [0.717, 1.165) is 12.8 Å². The Morgan fingerprint density at radius 2 is 1.53 bits per heavy atom. The van der Waals surface area contributed by atoms with Crippen LogP contribution in [-0.2, 0) is 6.42 Å². The third kappa shape index (κ3) is 8.82. The first-order valence-corrected chi connectivity index (χ1v) is 13.1. The van der Waals surface area contributed by atoms with Crippen molar-refractivity contribution in [2.75, 3.05) is 0 Å². The smallest absolute Gasteiger partial charge is 0.109 e. The van der Waals surface area contributed by atoms with Gasteiger partial charge in [-0.05, 0) is 31.6 Å². The van der Waals surface area contributed by atoms with Gasteiger partial charge < -0.3 is 4.57 Å². The molecule has 1 aromatic rings. The van der Waals surface area contributed by atoms with E-state index in [-0.39, 0.29) is 5.41 Å². The second-order valence-electron chi connectivity index (χ2n) is 9.66. The van der Waals surface area contributed by atoms with Gasteiger partial charge in [0.2, 0.25) is 0 Å². The summed E-state index contributed by atoms with van der Waals surface area (Å²) < 4.78 is 2.45. The molecule has 0 aromatic carbocycles. The van der Waals surface area contributed by atoms with Gasteiger partial charge >= 0.3 is 0 Å². The van der Waals surface area contributed by atoms with Crippen LogP contribution in [0.3, 0.4) is 0 Å². The van der Waals surface area contributed by atoms with Crippen LogP contribution in [0.2, 0.25) is 0 Å². The van der Waals surface area contributed by atoms with Crippen LogP contribution >= 0.6 is 0 Å². The standard InChI is InChI=1S/C28H48N2/c1-4-6-7-8-9-10-11-12-13-14-15-17-20-26(3)30-24-23-29-27(30)25-28(5-2)21-18-16-19-22-28/h16,18-19,21,23-24,26H,4-15,17,20,22,25H2,1-3H3. The van der Waals surface area contributed by atoms with Gasteiger partial charge in [-0.15, -0.1) is 0 Å². The van der Waals surface area contributed by atoms with Crippen molar-refractivity contribution < 1.29 is 0 Å². The number of aromatic nitrogens is 2. The van der Waals surface area contributed by atoms with E-state index < -0.39 is 0 Å². The van der Waals surface area contributed by atoms with Gasteiger partial charge in [0, 0.05) is 24.9 Å². The van der Waals surface area contributed by atoms with Crippen LogP contribution in [0, 0.1) is 5.41 Å². The quantitative estimate of drug-likeness (QED) is 0.233. The third-order valence-electron chi connectivity index (χ3n) is 7.13. The van der Waals surface area contributed by atoms with Crippen LogP contribution in [0.25, 0.3) is 0 Å². The molecular formula is C28H48N2. The van der Waals surface area contributed by atoms with Gasteiger partial charge in [-0.25, -0.2) is 4.98 Å². The first-order valence-electron chi connectivity index (χ1n) is 13.1. The third-order valence-corrected chi connectivity index (χ3v) is 7.13. The van der Waals surface area contributed by atoms with E-state index >= 15 is 0 Å². The largest absolute Gasteiger partial charge is 0.332 e. The monoisotopic (exact) mass is 412 g/mol. The molecule has 2 unspecified atom stereocenters. The SMILES string of the molecule is CCCCCCCCCCCCCCC(C)n1ccnc1CC1(CC)C=CC=CC1. The molecule has 1 aromatic heterocycles. The molecule has 30 heavy (non-hydrogen) atoms. The molecular weight excluding hydrogens is 364 g/mol. The predicted molar refractivity (Wildman–Crippen MR) is 132 cm³/mol. The molecule has 2 heteroatoms. The summed E-state index contributed by atoms with van der Waals surface area (Å²) in [5, 5.41) is 0. The van der Waals surface area contributed by atoms with Gasteiger partial charge in [0.25, 0.3) is 0 Å². The Hall–Kier alpha value is -1.31. The highest BCUT2D eigenvalue weighted by Crippen LogP contribution is 2.35. The molecule has 2 rings (SSSR count). The van der Waals surface area contributed by atoms with Gasteiger partial charge in [-0.2, -0.15) is 0 Å². The maximum absolute atomic E-state index is 4.74. The maximum atomic E-state index is 4.74. The van der Waals surface area contributed by atoms with Gasteiger partial charge in [0.15, 0.2) is 0 Å². The molecule has 0 amide bonds. The van der Waals surface area contributed by atoms with Crippen molar-refractivity contribution in [3.63, 3.8) is 0 Å². The number of imidazole rings is 1. The minimum atomic E-state index is 0.258. The molecule has 0 spiro atoms. The van der Waals surface area contributed by atoms with Crippen LogP contribution < -0.4 is 0 Å². The molecule has 1 heterocycles. The average Bonchev–Trinajstić information content (AvgIpc) is 3.23. The van der Waals surface area contributed by atoms with Gasteiger partial charge in [0.1, 0.15) is 5.82 Å². The molecule has 2 atom stereocenters. The second-order valence-corrected chi connectivity index (χ2v) is 9.66. The van der Waals surface area contributed by atoms with Crippen LogP contribution in [0.5, 0.6) is 0 Å². The Kier molecular flexibility index (Phi) is 12.2.